The predicted octanol–water partition coefficient (Wildman–Crippen LogP) is 3.47. The molecule has 2 aliphatic rings. The van der Waals surface area contributed by atoms with Gasteiger partial charge in [-0.15, -0.1) is 0 Å². The van der Waals surface area contributed by atoms with E-state index in [4.69, 9.17) is 0 Å². The molecular weight excluding hydrogens is 320 g/mol. The first-order valence-corrected chi connectivity index (χ1v) is 9.73. The molecule has 1 amide bonds. The van der Waals surface area contributed by atoms with E-state index in [1.165, 1.54) is 22.3 Å². The summed E-state index contributed by atoms with van der Waals surface area (Å²) in [7, 11) is 4.22. The SMILES string of the molecule is CN(C)[C@H]1CCN(C(=O)CC2c3ccccc3CCc3ccccc32)C1. The van der Waals surface area contributed by atoms with E-state index in [2.05, 4.69) is 72.4 Å². The third-order valence-corrected chi connectivity index (χ3v) is 6.15. The number of likely N-dealkylation sites (N-methyl/N-ethyl adjacent to an activating group) is 1. The first kappa shape index (κ1) is 17.3. The van der Waals surface area contributed by atoms with Crippen molar-refractivity contribution in [2.45, 2.75) is 37.6 Å². The zero-order chi connectivity index (χ0) is 18.1. The van der Waals surface area contributed by atoms with Gasteiger partial charge >= 0.3 is 0 Å². The van der Waals surface area contributed by atoms with Crippen LogP contribution in [0.2, 0.25) is 0 Å². The number of benzene rings is 2. The first-order valence-electron chi connectivity index (χ1n) is 9.73. The van der Waals surface area contributed by atoms with Crippen LogP contribution in [0.15, 0.2) is 48.5 Å². The van der Waals surface area contributed by atoms with E-state index < -0.39 is 0 Å². The van der Waals surface area contributed by atoms with Crippen LogP contribution < -0.4 is 0 Å². The standard InChI is InChI=1S/C23H28N2O/c1-24(2)19-13-14-25(16-19)23(26)15-22-20-9-5-3-7-17(20)11-12-18-8-4-6-10-21(18)22/h3-10,19,22H,11-16H2,1-2H3/t19-/m0/s1. The molecule has 1 aliphatic heterocycles. The number of carbonyl (C=O) groups excluding carboxylic acids is 1. The molecule has 1 fully saturated rings. The van der Waals surface area contributed by atoms with E-state index in [9.17, 15) is 4.79 Å². The van der Waals surface area contributed by atoms with E-state index in [1.807, 2.05) is 0 Å². The Kier molecular flexibility index (Phi) is 4.82. The van der Waals surface area contributed by atoms with E-state index in [0.717, 1.165) is 32.4 Å². The summed E-state index contributed by atoms with van der Waals surface area (Å²) in [6.45, 7) is 1.75. The van der Waals surface area contributed by atoms with Crippen molar-refractivity contribution in [2.24, 2.45) is 0 Å². The van der Waals surface area contributed by atoms with Gasteiger partial charge < -0.3 is 9.80 Å². The molecule has 2 aromatic rings. The van der Waals surface area contributed by atoms with Crippen LogP contribution in [0.25, 0.3) is 0 Å². The highest BCUT2D eigenvalue weighted by molar-refractivity contribution is 5.78. The van der Waals surface area contributed by atoms with Crippen LogP contribution in [0, 0.1) is 0 Å². The molecule has 26 heavy (non-hydrogen) atoms. The summed E-state index contributed by atoms with van der Waals surface area (Å²) in [6, 6.07) is 17.9. The minimum atomic E-state index is 0.177. The molecule has 0 bridgehead atoms. The molecular formula is C23H28N2O. The molecule has 0 radical (unpaired) electrons. The molecule has 0 saturated carbocycles. The summed E-state index contributed by atoms with van der Waals surface area (Å²) >= 11 is 0. The largest absolute Gasteiger partial charge is 0.341 e. The lowest BCUT2D eigenvalue weighted by Crippen LogP contribution is -2.35. The summed E-state index contributed by atoms with van der Waals surface area (Å²) in [4.78, 5) is 17.4. The van der Waals surface area contributed by atoms with Crippen molar-refractivity contribution >= 4 is 5.91 Å². The van der Waals surface area contributed by atoms with Crippen molar-refractivity contribution < 1.29 is 4.79 Å². The van der Waals surface area contributed by atoms with Gasteiger partial charge in [0.2, 0.25) is 5.91 Å². The van der Waals surface area contributed by atoms with E-state index in [0.29, 0.717) is 18.4 Å². The van der Waals surface area contributed by atoms with E-state index in [-0.39, 0.29) is 5.92 Å². The first-order chi connectivity index (χ1) is 12.6. The average molecular weight is 348 g/mol. The average Bonchev–Trinajstić information content (AvgIpc) is 3.10. The lowest BCUT2D eigenvalue weighted by atomic mass is 9.85. The zero-order valence-corrected chi connectivity index (χ0v) is 15.8. The molecule has 1 atom stereocenters. The zero-order valence-electron chi connectivity index (χ0n) is 15.8. The number of likely N-dealkylation sites (tertiary alicyclic amines) is 1. The van der Waals surface area contributed by atoms with Crippen LogP contribution in [0.5, 0.6) is 0 Å². The maximum absolute atomic E-state index is 13.1. The number of hydrogen-bond acceptors (Lipinski definition) is 2. The van der Waals surface area contributed by atoms with Crippen LogP contribution in [0.3, 0.4) is 0 Å². The molecule has 3 nitrogen and oxygen atoms in total. The summed E-state index contributed by atoms with van der Waals surface area (Å²) < 4.78 is 0. The second-order valence-corrected chi connectivity index (χ2v) is 7.90. The fraction of sp³-hybridized carbons (Fsp3) is 0.435. The van der Waals surface area contributed by atoms with Crippen LogP contribution >= 0.6 is 0 Å². The maximum atomic E-state index is 13.1. The Hall–Kier alpha value is -2.13. The van der Waals surface area contributed by atoms with Crippen molar-refractivity contribution in [1.29, 1.82) is 0 Å². The Morgan fingerprint density at radius 1 is 1.00 bits per heavy atom. The van der Waals surface area contributed by atoms with Gasteiger partial charge in [-0.1, -0.05) is 48.5 Å². The van der Waals surface area contributed by atoms with Crippen LogP contribution in [-0.2, 0) is 17.6 Å². The number of fused-ring (bicyclic) bond motifs is 2. The Bertz CT molecular complexity index is 751. The lowest BCUT2D eigenvalue weighted by Gasteiger charge is -2.24. The Morgan fingerprint density at radius 3 is 2.12 bits per heavy atom. The fourth-order valence-corrected chi connectivity index (χ4v) is 4.55. The predicted molar refractivity (Wildman–Crippen MR) is 105 cm³/mol. The minimum Gasteiger partial charge on any atom is -0.341 e. The second-order valence-electron chi connectivity index (χ2n) is 7.90. The molecule has 1 heterocycles. The van der Waals surface area contributed by atoms with Crippen molar-refractivity contribution in [3.05, 3.63) is 70.8 Å². The number of amides is 1. The number of carbonyl (C=O) groups is 1. The van der Waals surface area contributed by atoms with Crippen molar-refractivity contribution in [3.63, 3.8) is 0 Å². The van der Waals surface area contributed by atoms with Crippen molar-refractivity contribution in [2.75, 3.05) is 27.2 Å². The third-order valence-electron chi connectivity index (χ3n) is 6.15. The third kappa shape index (κ3) is 3.28. The van der Waals surface area contributed by atoms with E-state index >= 15 is 0 Å². The topological polar surface area (TPSA) is 23.6 Å². The Labute approximate surface area is 156 Å². The van der Waals surface area contributed by atoms with E-state index in [1.54, 1.807) is 0 Å². The number of hydrogen-bond donors (Lipinski definition) is 0. The maximum Gasteiger partial charge on any atom is 0.223 e. The number of rotatable bonds is 3. The highest BCUT2D eigenvalue weighted by Crippen LogP contribution is 2.37. The van der Waals surface area contributed by atoms with Gasteiger partial charge in [0, 0.05) is 31.5 Å². The van der Waals surface area contributed by atoms with Gasteiger partial charge in [-0.25, -0.2) is 0 Å². The second kappa shape index (κ2) is 7.24. The van der Waals surface area contributed by atoms with Gasteiger partial charge in [0.15, 0.2) is 0 Å². The Morgan fingerprint density at radius 2 is 1.58 bits per heavy atom. The molecule has 3 heteroatoms. The minimum absolute atomic E-state index is 0.177. The molecule has 2 aromatic carbocycles. The van der Waals surface area contributed by atoms with Crippen molar-refractivity contribution in [1.82, 2.24) is 9.80 Å². The molecule has 4 rings (SSSR count). The molecule has 1 aliphatic carbocycles. The molecule has 0 N–H and O–H groups in total. The monoisotopic (exact) mass is 348 g/mol. The van der Waals surface area contributed by atoms with Gasteiger partial charge in [0.25, 0.3) is 0 Å². The summed E-state index contributed by atoms with van der Waals surface area (Å²) in [5.74, 6) is 0.474. The fourth-order valence-electron chi connectivity index (χ4n) is 4.55. The smallest absolute Gasteiger partial charge is 0.223 e. The Balaban J connectivity index is 1.62. The van der Waals surface area contributed by atoms with Gasteiger partial charge in [-0.2, -0.15) is 0 Å². The van der Waals surface area contributed by atoms with Crippen LogP contribution in [-0.4, -0.2) is 48.9 Å². The van der Waals surface area contributed by atoms with Crippen LogP contribution in [0.4, 0.5) is 0 Å². The van der Waals surface area contributed by atoms with Crippen LogP contribution in [0.1, 0.15) is 41.0 Å². The highest BCUT2D eigenvalue weighted by Gasteiger charge is 2.31. The summed E-state index contributed by atoms with van der Waals surface area (Å²) in [5.41, 5.74) is 5.48. The number of aryl methyl sites for hydroxylation is 2. The summed E-state index contributed by atoms with van der Waals surface area (Å²) in [5, 5.41) is 0. The van der Waals surface area contributed by atoms with Gasteiger partial charge in [0.1, 0.15) is 0 Å². The summed E-state index contributed by atoms with van der Waals surface area (Å²) in [6.07, 6.45) is 3.78. The molecule has 0 aromatic heterocycles. The highest BCUT2D eigenvalue weighted by atomic mass is 16.2. The quantitative estimate of drug-likeness (QED) is 0.848. The normalized spacial score (nSPS) is 20.0. The number of nitrogens with zero attached hydrogens (tertiary/aromatic N) is 2. The molecule has 0 unspecified atom stereocenters. The molecule has 136 valence electrons. The van der Waals surface area contributed by atoms with Gasteiger partial charge in [-0.3, -0.25) is 4.79 Å². The van der Waals surface area contributed by atoms with Gasteiger partial charge in [0.05, 0.1) is 0 Å². The molecule has 0 spiro atoms. The molecule has 1 saturated heterocycles. The van der Waals surface area contributed by atoms with Gasteiger partial charge in [-0.05, 0) is 55.6 Å². The lowest BCUT2D eigenvalue weighted by molar-refractivity contribution is -0.130. The van der Waals surface area contributed by atoms with Crippen molar-refractivity contribution in [3.8, 4) is 0 Å².